The van der Waals surface area contributed by atoms with Crippen molar-refractivity contribution in [3.8, 4) is 0 Å². The molecule has 0 aromatic rings. The standard InChI is InChI=1S/C12H12N2O3S2/c1-5-2-6(15)3-8-9(5)14-11(19-8)10-13-7(4-18-10)12(16)17/h2-3,5,7,9,15H,4H2,1H3,(H,16,17). The third-order valence-corrected chi connectivity index (χ3v) is 5.37. The van der Waals surface area contributed by atoms with E-state index >= 15 is 0 Å². The first-order valence-electron chi connectivity index (χ1n) is 5.86. The predicted octanol–water partition coefficient (Wildman–Crippen LogP) is 2.07. The predicted molar refractivity (Wildman–Crippen MR) is 78.1 cm³/mol. The van der Waals surface area contributed by atoms with Crippen molar-refractivity contribution in [1.29, 1.82) is 0 Å². The largest absolute Gasteiger partial charge is 0.508 e. The SMILES string of the molecule is CC1C=C(O)C=C2SC(C3=NC(C(=O)O)CS3)=NC21. The normalized spacial score (nSPS) is 33.2. The fraction of sp³-hybridized carbons (Fsp3) is 0.417. The number of fused-ring (bicyclic) bond motifs is 1. The lowest BCUT2D eigenvalue weighted by atomic mass is 9.97. The van der Waals surface area contributed by atoms with Crippen molar-refractivity contribution in [2.45, 2.75) is 19.0 Å². The van der Waals surface area contributed by atoms with Crippen LogP contribution in [0.1, 0.15) is 6.92 Å². The molecule has 100 valence electrons. The Labute approximate surface area is 118 Å². The fourth-order valence-electron chi connectivity index (χ4n) is 2.15. The number of carboxylic acids is 1. The fourth-order valence-corrected chi connectivity index (χ4v) is 4.46. The molecule has 7 heteroatoms. The van der Waals surface area contributed by atoms with E-state index in [1.54, 1.807) is 12.2 Å². The molecule has 0 aromatic heterocycles. The Morgan fingerprint density at radius 1 is 1.42 bits per heavy atom. The number of allylic oxidation sites excluding steroid dienone is 1. The molecule has 0 saturated carbocycles. The van der Waals surface area contributed by atoms with Gasteiger partial charge >= 0.3 is 5.97 Å². The number of rotatable bonds is 2. The van der Waals surface area contributed by atoms with Crippen molar-refractivity contribution >= 4 is 39.6 Å². The summed E-state index contributed by atoms with van der Waals surface area (Å²) in [5.74, 6) is -0.0117. The first kappa shape index (κ1) is 12.8. The summed E-state index contributed by atoms with van der Waals surface area (Å²) < 4.78 is 0. The van der Waals surface area contributed by atoms with E-state index in [-0.39, 0.29) is 17.7 Å². The minimum atomic E-state index is -0.893. The van der Waals surface area contributed by atoms with Gasteiger partial charge in [-0.05, 0) is 12.2 Å². The minimum Gasteiger partial charge on any atom is -0.508 e. The number of aliphatic hydroxyl groups excluding tert-OH is 1. The Morgan fingerprint density at radius 2 is 2.21 bits per heavy atom. The van der Waals surface area contributed by atoms with Gasteiger partial charge in [-0.15, -0.1) is 11.8 Å². The van der Waals surface area contributed by atoms with Gasteiger partial charge in [0.15, 0.2) is 6.04 Å². The van der Waals surface area contributed by atoms with Gasteiger partial charge in [0.2, 0.25) is 0 Å². The zero-order valence-corrected chi connectivity index (χ0v) is 11.7. The second kappa shape index (κ2) is 4.72. The van der Waals surface area contributed by atoms with Crippen molar-refractivity contribution in [2.24, 2.45) is 15.9 Å². The van der Waals surface area contributed by atoms with Gasteiger partial charge in [-0.1, -0.05) is 18.7 Å². The zero-order valence-electron chi connectivity index (χ0n) is 10.1. The monoisotopic (exact) mass is 296 g/mol. The lowest BCUT2D eigenvalue weighted by Crippen LogP contribution is -2.17. The zero-order chi connectivity index (χ0) is 13.6. The molecule has 2 N–H and O–H groups in total. The highest BCUT2D eigenvalue weighted by Gasteiger charge is 2.35. The number of hydrogen-bond acceptors (Lipinski definition) is 6. The number of carbonyl (C=O) groups is 1. The van der Waals surface area contributed by atoms with Gasteiger partial charge < -0.3 is 10.2 Å². The van der Waals surface area contributed by atoms with E-state index in [1.165, 1.54) is 23.5 Å². The molecular formula is C12H12N2O3S2. The van der Waals surface area contributed by atoms with Crippen LogP contribution in [0.5, 0.6) is 0 Å². The Kier molecular flexibility index (Phi) is 3.18. The first-order valence-corrected chi connectivity index (χ1v) is 7.66. The van der Waals surface area contributed by atoms with E-state index in [0.717, 1.165) is 9.95 Å². The minimum absolute atomic E-state index is 0.0306. The molecule has 0 radical (unpaired) electrons. The van der Waals surface area contributed by atoms with E-state index in [2.05, 4.69) is 9.98 Å². The van der Waals surface area contributed by atoms with Crippen LogP contribution in [0.3, 0.4) is 0 Å². The first-order chi connectivity index (χ1) is 9.04. The maximum absolute atomic E-state index is 10.9. The van der Waals surface area contributed by atoms with Crippen LogP contribution >= 0.6 is 23.5 Å². The molecule has 3 unspecified atom stereocenters. The van der Waals surface area contributed by atoms with E-state index in [4.69, 9.17) is 5.11 Å². The third-order valence-electron chi connectivity index (χ3n) is 3.10. The van der Waals surface area contributed by atoms with Crippen LogP contribution in [0.25, 0.3) is 0 Å². The lowest BCUT2D eigenvalue weighted by molar-refractivity contribution is -0.137. The number of nitrogens with zero attached hydrogens (tertiary/aromatic N) is 2. The quantitative estimate of drug-likeness (QED) is 0.815. The number of hydrogen-bond donors (Lipinski definition) is 2. The Balaban J connectivity index is 1.83. The third kappa shape index (κ3) is 2.32. The van der Waals surface area contributed by atoms with Gasteiger partial charge in [-0.25, -0.2) is 4.79 Å². The second-order valence-electron chi connectivity index (χ2n) is 4.58. The maximum Gasteiger partial charge on any atom is 0.329 e. The molecule has 1 aliphatic carbocycles. The van der Waals surface area contributed by atoms with Gasteiger partial charge in [-0.3, -0.25) is 9.98 Å². The van der Waals surface area contributed by atoms with Crippen molar-refractivity contribution in [2.75, 3.05) is 5.75 Å². The average Bonchev–Trinajstić information content (AvgIpc) is 2.92. The van der Waals surface area contributed by atoms with Crippen LogP contribution in [-0.4, -0.2) is 44.1 Å². The van der Waals surface area contributed by atoms with Crippen LogP contribution in [0, 0.1) is 5.92 Å². The molecule has 0 aromatic carbocycles. The van der Waals surface area contributed by atoms with Crippen LogP contribution in [-0.2, 0) is 4.79 Å². The molecule has 0 saturated heterocycles. The molecule has 19 heavy (non-hydrogen) atoms. The molecule has 5 nitrogen and oxygen atoms in total. The van der Waals surface area contributed by atoms with Crippen LogP contribution in [0.15, 0.2) is 32.8 Å². The molecule has 3 atom stereocenters. The van der Waals surface area contributed by atoms with Gasteiger partial charge in [0.1, 0.15) is 15.8 Å². The molecule has 0 fully saturated rings. The maximum atomic E-state index is 10.9. The summed E-state index contributed by atoms with van der Waals surface area (Å²) in [5, 5.41) is 20.0. The number of carboxylic acid groups (broad SMARTS) is 1. The highest BCUT2D eigenvalue weighted by Crippen LogP contribution is 2.41. The Hall–Kier alpha value is -1.21. The van der Waals surface area contributed by atoms with Crippen LogP contribution in [0.4, 0.5) is 0 Å². The number of aliphatic carboxylic acids is 1. The van der Waals surface area contributed by atoms with E-state index in [0.29, 0.717) is 10.8 Å². The van der Waals surface area contributed by atoms with Gasteiger partial charge in [0.25, 0.3) is 0 Å². The summed E-state index contributed by atoms with van der Waals surface area (Å²) >= 11 is 2.91. The summed E-state index contributed by atoms with van der Waals surface area (Å²) in [4.78, 5) is 20.7. The van der Waals surface area contributed by atoms with Gasteiger partial charge in [0, 0.05) is 16.6 Å². The van der Waals surface area contributed by atoms with Gasteiger partial charge in [0.05, 0.1) is 6.04 Å². The van der Waals surface area contributed by atoms with Crippen LogP contribution < -0.4 is 0 Å². The smallest absolute Gasteiger partial charge is 0.329 e. The van der Waals surface area contributed by atoms with Crippen LogP contribution in [0.2, 0.25) is 0 Å². The van der Waals surface area contributed by atoms with Crippen molar-refractivity contribution < 1.29 is 15.0 Å². The molecule has 2 aliphatic heterocycles. The Morgan fingerprint density at radius 3 is 2.89 bits per heavy atom. The summed E-state index contributed by atoms with van der Waals surface area (Å²) in [6, 6.07) is -0.632. The van der Waals surface area contributed by atoms with E-state index in [1.807, 2.05) is 6.92 Å². The van der Waals surface area contributed by atoms with Gasteiger partial charge in [-0.2, -0.15) is 0 Å². The van der Waals surface area contributed by atoms with E-state index < -0.39 is 12.0 Å². The molecular weight excluding hydrogens is 284 g/mol. The lowest BCUT2D eigenvalue weighted by Gasteiger charge is -2.18. The van der Waals surface area contributed by atoms with Crippen molar-refractivity contribution in [3.63, 3.8) is 0 Å². The second-order valence-corrected chi connectivity index (χ2v) is 6.65. The summed E-state index contributed by atoms with van der Waals surface area (Å²) in [5.41, 5.74) is 0. The average molecular weight is 296 g/mol. The topological polar surface area (TPSA) is 82.2 Å². The molecule has 0 amide bonds. The molecule has 3 rings (SSSR count). The number of aliphatic hydroxyl groups is 1. The molecule has 3 aliphatic rings. The molecule has 0 spiro atoms. The Bertz CT molecular complexity index is 565. The van der Waals surface area contributed by atoms with Crippen molar-refractivity contribution in [1.82, 2.24) is 0 Å². The number of thioether (sulfide) groups is 2. The molecule has 2 heterocycles. The van der Waals surface area contributed by atoms with E-state index in [9.17, 15) is 9.90 Å². The number of aliphatic imine (C=N–C) groups is 2. The highest BCUT2D eigenvalue weighted by molar-refractivity contribution is 8.27. The highest BCUT2D eigenvalue weighted by atomic mass is 32.2. The summed E-state index contributed by atoms with van der Waals surface area (Å²) in [7, 11) is 0. The van der Waals surface area contributed by atoms with Crippen molar-refractivity contribution in [3.05, 3.63) is 22.8 Å². The molecule has 0 bridgehead atoms. The summed E-state index contributed by atoms with van der Waals surface area (Å²) in [6.07, 6.45) is 3.51. The summed E-state index contributed by atoms with van der Waals surface area (Å²) in [6.45, 7) is 2.00.